The van der Waals surface area contributed by atoms with Crippen LogP contribution in [-0.2, 0) is 14.3 Å². The van der Waals surface area contributed by atoms with Crippen LogP contribution in [0.3, 0.4) is 0 Å². The van der Waals surface area contributed by atoms with E-state index in [-0.39, 0.29) is 12.2 Å². The van der Waals surface area contributed by atoms with E-state index in [4.69, 9.17) is 15.2 Å². The molecule has 0 spiro atoms. The number of amides is 1. The largest absolute Gasteiger partial charge is 0.346 e. The number of nitrogens with two attached hydrogens (primary N) is 1. The highest BCUT2D eigenvalue weighted by Gasteiger charge is 2.19. The van der Waals surface area contributed by atoms with Gasteiger partial charge in [-0.25, -0.2) is 0 Å². The van der Waals surface area contributed by atoms with Crippen molar-refractivity contribution in [2.45, 2.75) is 32.6 Å². The zero-order valence-electron chi connectivity index (χ0n) is 12.0. The van der Waals surface area contributed by atoms with E-state index in [1.165, 1.54) is 0 Å². The number of hydrogen-bond donors (Lipinski definition) is 2. The predicted octanol–water partition coefficient (Wildman–Crippen LogP) is 2.04. The van der Waals surface area contributed by atoms with Crippen LogP contribution in [0.25, 0.3) is 0 Å². The van der Waals surface area contributed by atoms with E-state index in [9.17, 15) is 4.79 Å². The summed E-state index contributed by atoms with van der Waals surface area (Å²) in [5, 5.41) is 2.84. The number of nitrogens with one attached hydrogen (secondary N) is 1. The monoisotopic (exact) mass is 278 g/mol. The molecule has 0 aliphatic carbocycles. The molecule has 3 N–H and O–H groups in total. The fourth-order valence-corrected chi connectivity index (χ4v) is 2.16. The van der Waals surface area contributed by atoms with Crippen molar-refractivity contribution in [3.05, 3.63) is 29.8 Å². The maximum atomic E-state index is 12.0. The highest BCUT2D eigenvalue weighted by atomic mass is 16.7. The molecule has 0 bridgehead atoms. The molecular formula is C15H22N2O3. The van der Waals surface area contributed by atoms with E-state index in [0.717, 1.165) is 5.56 Å². The SMILES string of the molecule is CC(C)CC(N)C(=O)Nc1cccc(C2OCCO2)c1. The van der Waals surface area contributed by atoms with Gasteiger partial charge in [-0.1, -0.05) is 26.0 Å². The molecular weight excluding hydrogens is 256 g/mol. The van der Waals surface area contributed by atoms with Gasteiger partial charge in [0.2, 0.25) is 5.91 Å². The lowest BCUT2D eigenvalue weighted by atomic mass is 10.0. The van der Waals surface area contributed by atoms with Gasteiger partial charge in [0.25, 0.3) is 0 Å². The lowest BCUT2D eigenvalue weighted by molar-refractivity contribution is -0.117. The topological polar surface area (TPSA) is 73.6 Å². The van der Waals surface area contributed by atoms with E-state index in [1.54, 1.807) is 0 Å². The Kier molecular flexibility index (Phi) is 5.11. The summed E-state index contributed by atoms with van der Waals surface area (Å²) in [5.41, 5.74) is 7.48. The number of ether oxygens (including phenoxy) is 2. The van der Waals surface area contributed by atoms with E-state index in [0.29, 0.717) is 31.2 Å². The molecule has 0 radical (unpaired) electrons. The lowest BCUT2D eigenvalue weighted by Crippen LogP contribution is -2.36. The van der Waals surface area contributed by atoms with Crippen LogP contribution >= 0.6 is 0 Å². The first-order chi connectivity index (χ1) is 9.56. The van der Waals surface area contributed by atoms with Crippen molar-refractivity contribution in [3.8, 4) is 0 Å². The third-order valence-electron chi connectivity index (χ3n) is 3.11. The summed E-state index contributed by atoms with van der Waals surface area (Å²) in [6.45, 7) is 5.28. The molecule has 1 aromatic rings. The second-order valence-corrected chi connectivity index (χ2v) is 5.42. The van der Waals surface area contributed by atoms with E-state index in [2.05, 4.69) is 5.32 Å². The van der Waals surface area contributed by atoms with Crippen LogP contribution < -0.4 is 11.1 Å². The molecule has 1 atom stereocenters. The van der Waals surface area contributed by atoms with Crippen LogP contribution in [0.2, 0.25) is 0 Å². The zero-order chi connectivity index (χ0) is 14.5. The smallest absolute Gasteiger partial charge is 0.241 e. The third-order valence-corrected chi connectivity index (χ3v) is 3.11. The van der Waals surface area contributed by atoms with Crippen LogP contribution in [0.5, 0.6) is 0 Å². The average Bonchev–Trinajstić information content (AvgIpc) is 2.92. The van der Waals surface area contributed by atoms with Crippen molar-refractivity contribution in [2.24, 2.45) is 11.7 Å². The number of benzene rings is 1. The molecule has 1 aromatic carbocycles. The van der Waals surface area contributed by atoms with Crippen LogP contribution in [0.15, 0.2) is 24.3 Å². The van der Waals surface area contributed by atoms with Gasteiger partial charge in [0.05, 0.1) is 19.3 Å². The Morgan fingerprint density at radius 2 is 2.10 bits per heavy atom. The third kappa shape index (κ3) is 4.03. The van der Waals surface area contributed by atoms with Crippen molar-refractivity contribution in [2.75, 3.05) is 18.5 Å². The minimum absolute atomic E-state index is 0.163. The van der Waals surface area contributed by atoms with Gasteiger partial charge in [-0.05, 0) is 24.5 Å². The molecule has 1 unspecified atom stereocenters. The minimum Gasteiger partial charge on any atom is -0.346 e. The first-order valence-electron chi connectivity index (χ1n) is 6.96. The van der Waals surface area contributed by atoms with Gasteiger partial charge < -0.3 is 20.5 Å². The normalized spacial score (nSPS) is 17.4. The molecule has 20 heavy (non-hydrogen) atoms. The Bertz CT molecular complexity index is 456. The second-order valence-electron chi connectivity index (χ2n) is 5.42. The van der Waals surface area contributed by atoms with Gasteiger partial charge in [-0.2, -0.15) is 0 Å². The Morgan fingerprint density at radius 1 is 1.40 bits per heavy atom. The molecule has 110 valence electrons. The van der Waals surface area contributed by atoms with Gasteiger partial charge in [0, 0.05) is 11.3 Å². The highest BCUT2D eigenvalue weighted by Crippen LogP contribution is 2.25. The number of anilines is 1. The molecule has 1 saturated heterocycles. The molecule has 5 heteroatoms. The van der Waals surface area contributed by atoms with Crippen LogP contribution in [0.4, 0.5) is 5.69 Å². The predicted molar refractivity (Wildman–Crippen MR) is 77.1 cm³/mol. The van der Waals surface area contributed by atoms with Crippen molar-refractivity contribution in [1.29, 1.82) is 0 Å². The van der Waals surface area contributed by atoms with Crippen molar-refractivity contribution in [3.63, 3.8) is 0 Å². The standard InChI is InChI=1S/C15H22N2O3/c1-10(2)8-13(16)14(18)17-12-5-3-4-11(9-12)15-19-6-7-20-15/h3-5,9-10,13,15H,6-8,16H2,1-2H3,(H,17,18). The van der Waals surface area contributed by atoms with E-state index >= 15 is 0 Å². The molecule has 1 aliphatic heterocycles. The fraction of sp³-hybridized carbons (Fsp3) is 0.533. The molecule has 5 nitrogen and oxygen atoms in total. The van der Waals surface area contributed by atoms with Crippen LogP contribution in [-0.4, -0.2) is 25.2 Å². The van der Waals surface area contributed by atoms with Gasteiger partial charge in [0.1, 0.15) is 0 Å². The summed E-state index contributed by atoms with van der Waals surface area (Å²) >= 11 is 0. The zero-order valence-corrected chi connectivity index (χ0v) is 12.0. The first kappa shape index (κ1) is 15.0. The van der Waals surface area contributed by atoms with Crippen molar-refractivity contribution in [1.82, 2.24) is 0 Å². The van der Waals surface area contributed by atoms with Crippen LogP contribution in [0.1, 0.15) is 32.1 Å². The summed E-state index contributed by atoms with van der Waals surface area (Å²) < 4.78 is 10.9. The summed E-state index contributed by atoms with van der Waals surface area (Å²) in [6.07, 6.45) is 0.330. The van der Waals surface area contributed by atoms with E-state index < -0.39 is 6.04 Å². The number of hydrogen-bond acceptors (Lipinski definition) is 4. The number of rotatable bonds is 5. The fourth-order valence-electron chi connectivity index (χ4n) is 2.16. The Hall–Kier alpha value is -1.43. The van der Waals surface area contributed by atoms with E-state index in [1.807, 2.05) is 38.1 Å². The molecule has 1 fully saturated rings. The second kappa shape index (κ2) is 6.83. The molecule has 1 aliphatic rings. The number of carbonyl (C=O) groups is 1. The Morgan fingerprint density at radius 3 is 2.75 bits per heavy atom. The quantitative estimate of drug-likeness (QED) is 0.864. The molecule has 1 heterocycles. The summed E-state index contributed by atoms with van der Waals surface area (Å²) in [4.78, 5) is 12.0. The summed E-state index contributed by atoms with van der Waals surface area (Å²) in [5.74, 6) is 0.228. The lowest BCUT2D eigenvalue weighted by Gasteiger charge is -2.15. The van der Waals surface area contributed by atoms with Gasteiger partial charge >= 0.3 is 0 Å². The molecule has 0 aromatic heterocycles. The maximum absolute atomic E-state index is 12.0. The summed E-state index contributed by atoms with van der Waals surface area (Å²) in [6, 6.07) is 6.98. The number of carbonyl (C=O) groups excluding carboxylic acids is 1. The maximum Gasteiger partial charge on any atom is 0.241 e. The van der Waals surface area contributed by atoms with Gasteiger partial charge in [-0.15, -0.1) is 0 Å². The first-order valence-corrected chi connectivity index (χ1v) is 6.96. The van der Waals surface area contributed by atoms with Gasteiger partial charge in [-0.3, -0.25) is 4.79 Å². The average molecular weight is 278 g/mol. The molecule has 0 saturated carbocycles. The summed E-state index contributed by atoms with van der Waals surface area (Å²) in [7, 11) is 0. The van der Waals surface area contributed by atoms with Crippen molar-refractivity contribution >= 4 is 11.6 Å². The molecule has 1 amide bonds. The van der Waals surface area contributed by atoms with Gasteiger partial charge in [0.15, 0.2) is 6.29 Å². The Balaban J connectivity index is 1.98. The molecule has 2 rings (SSSR count). The highest BCUT2D eigenvalue weighted by molar-refractivity contribution is 5.94. The Labute approximate surface area is 119 Å². The van der Waals surface area contributed by atoms with Crippen molar-refractivity contribution < 1.29 is 14.3 Å². The minimum atomic E-state index is -0.488. The van der Waals surface area contributed by atoms with Crippen LogP contribution in [0, 0.1) is 5.92 Å².